The number of nitrogens with zero attached hydrogens (tertiary/aromatic N) is 3. The van der Waals surface area contributed by atoms with Crippen LogP contribution in [0.1, 0.15) is 24.1 Å². The molecule has 0 spiro atoms. The molecule has 0 aliphatic heterocycles. The Labute approximate surface area is 158 Å². The van der Waals surface area contributed by atoms with Gasteiger partial charge in [0.25, 0.3) is 0 Å². The molecule has 5 nitrogen and oxygen atoms in total. The van der Waals surface area contributed by atoms with Gasteiger partial charge in [0, 0.05) is 23.7 Å². The normalized spacial score (nSPS) is 11.0. The van der Waals surface area contributed by atoms with Crippen molar-refractivity contribution in [2.75, 3.05) is 13.2 Å². The fourth-order valence-electron chi connectivity index (χ4n) is 2.71. The molecule has 0 unspecified atom stereocenters. The number of unbranched alkanes of at least 4 members (excludes halogenated alkanes) is 1. The summed E-state index contributed by atoms with van der Waals surface area (Å²) in [5.41, 5.74) is 3.98. The summed E-state index contributed by atoms with van der Waals surface area (Å²) in [5.74, 6) is 0. The Morgan fingerprint density at radius 2 is 1.73 bits per heavy atom. The van der Waals surface area contributed by atoms with E-state index in [1.54, 1.807) is 4.80 Å². The zero-order valence-electron chi connectivity index (χ0n) is 14.6. The first-order valence-electron chi connectivity index (χ1n) is 8.81. The van der Waals surface area contributed by atoms with Crippen LogP contribution in [0.3, 0.4) is 0 Å². The van der Waals surface area contributed by atoms with Crippen LogP contribution in [0.4, 0.5) is 0 Å². The van der Waals surface area contributed by atoms with E-state index in [4.69, 9.17) is 21.8 Å². The molecule has 3 aromatic rings. The molecule has 136 valence electrons. The largest absolute Gasteiger partial charge is 0.396 e. The molecule has 6 heteroatoms. The zero-order valence-corrected chi connectivity index (χ0v) is 15.4. The van der Waals surface area contributed by atoms with Gasteiger partial charge in [-0.15, -0.1) is 0 Å². The van der Waals surface area contributed by atoms with E-state index in [1.807, 2.05) is 54.6 Å². The molecule has 0 saturated carbocycles. The topological polar surface area (TPSA) is 63.0 Å². The lowest BCUT2D eigenvalue weighted by molar-refractivity contribution is 0.283. The molecule has 26 heavy (non-hydrogen) atoms. The highest BCUT2D eigenvalue weighted by atomic mass is 35.5. The van der Waals surface area contributed by atoms with Crippen molar-refractivity contribution in [1.29, 1.82) is 0 Å². The predicted octanol–water partition coefficient (Wildman–Crippen LogP) is 3.51. The molecule has 1 heterocycles. The van der Waals surface area contributed by atoms with Gasteiger partial charge in [0.1, 0.15) is 11.4 Å². The second-order valence-corrected chi connectivity index (χ2v) is 6.56. The van der Waals surface area contributed by atoms with E-state index in [1.165, 1.54) is 0 Å². The molecule has 3 rings (SSSR count). The molecule has 1 aromatic heterocycles. The van der Waals surface area contributed by atoms with Gasteiger partial charge in [-0.2, -0.15) is 15.0 Å². The molecule has 2 aromatic carbocycles. The minimum atomic E-state index is 0.230. The average Bonchev–Trinajstić information content (AvgIpc) is 3.07. The van der Waals surface area contributed by atoms with Crippen LogP contribution in [0.15, 0.2) is 54.6 Å². The van der Waals surface area contributed by atoms with Crippen LogP contribution >= 0.6 is 11.6 Å². The summed E-state index contributed by atoms with van der Waals surface area (Å²) in [6.45, 7) is 2.32. The quantitative estimate of drug-likeness (QED) is 0.566. The summed E-state index contributed by atoms with van der Waals surface area (Å²) >= 11 is 5.96. The van der Waals surface area contributed by atoms with Gasteiger partial charge >= 0.3 is 0 Å². The Balaban J connectivity index is 1.76. The maximum atomic E-state index is 8.87. The Hall–Kier alpha value is -2.21. The summed E-state index contributed by atoms with van der Waals surface area (Å²) in [6.07, 6.45) is 1.75. The first-order valence-corrected chi connectivity index (χ1v) is 9.19. The van der Waals surface area contributed by atoms with Crippen LogP contribution < -0.4 is 5.32 Å². The van der Waals surface area contributed by atoms with Crippen LogP contribution in [0, 0.1) is 0 Å². The summed E-state index contributed by atoms with van der Waals surface area (Å²) in [7, 11) is 0. The number of aliphatic hydroxyl groups excluding tert-OH is 1. The minimum absolute atomic E-state index is 0.230. The zero-order chi connectivity index (χ0) is 18.2. The van der Waals surface area contributed by atoms with Gasteiger partial charge in [-0.1, -0.05) is 54.1 Å². The monoisotopic (exact) mass is 370 g/mol. The lowest BCUT2D eigenvalue weighted by atomic mass is 10.1. The summed E-state index contributed by atoms with van der Waals surface area (Å²) in [6, 6.07) is 17.8. The number of hydrogen-bond acceptors (Lipinski definition) is 4. The third-order valence-electron chi connectivity index (χ3n) is 4.06. The van der Waals surface area contributed by atoms with E-state index in [2.05, 4.69) is 10.4 Å². The highest BCUT2D eigenvalue weighted by Gasteiger charge is 2.13. The van der Waals surface area contributed by atoms with Crippen LogP contribution in [-0.4, -0.2) is 33.3 Å². The van der Waals surface area contributed by atoms with Crippen molar-refractivity contribution in [3.63, 3.8) is 0 Å². The Bertz CT molecular complexity index is 802. The van der Waals surface area contributed by atoms with Gasteiger partial charge < -0.3 is 10.4 Å². The van der Waals surface area contributed by atoms with Gasteiger partial charge in [0.2, 0.25) is 0 Å². The minimum Gasteiger partial charge on any atom is -0.396 e. The number of hydrogen-bond donors (Lipinski definition) is 2. The number of rotatable bonds is 9. The van der Waals surface area contributed by atoms with Crippen LogP contribution in [0.25, 0.3) is 11.3 Å². The van der Waals surface area contributed by atoms with Crippen molar-refractivity contribution in [3.8, 4) is 11.3 Å². The van der Waals surface area contributed by atoms with Gasteiger partial charge in [0.05, 0.1) is 6.54 Å². The number of aliphatic hydroxyl groups is 1. The highest BCUT2D eigenvalue weighted by molar-refractivity contribution is 6.30. The summed E-state index contributed by atoms with van der Waals surface area (Å²) in [4.78, 5) is 1.73. The number of nitrogens with one attached hydrogen (secondary N) is 1. The number of benzene rings is 2. The van der Waals surface area contributed by atoms with Crippen LogP contribution in [-0.2, 0) is 13.1 Å². The fraction of sp³-hybridized carbons (Fsp3) is 0.300. The predicted molar refractivity (Wildman–Crippen MR) is 104 cm³/mol. The van der Waals surface area contributed by atoms with Crippen molar-refractivity contribution in [3.05, 3.63) is 70.9 Å². The van der Waals surface area contributed by atoms with Gasteiger partial charge in [-0.3, -0.25) is 0 Å². The van der Waals surface area contributed by atoms with E-state index < -0.39 is 0 Å². The molecular weight excluding hydrogens is 348 g/mol. The van der Waals surface area contributed by atoms with E-state index in [0.29, 0.717) is 13.1 Å². The van der Waals surface area contributed by atoms with Crippen molar-refractivity contribution >= 4 is 11.6 Å². The lowest BCUT2D eigenvalue weighted by Crippen LogP contribution is -2.16. The van der Waals surface area contributed by atoms with Crippen molar-refractivity contribution in [2.24, 2.45) is 0 Å². The second kappa shape index (κ2) is 9.48. The smallest absolute Gasteiger partial charge is 0.117 e. The molecule has 2 N–H and O–H groups in total. The SMILES string of the molecule is OCCCCNCc1nn(Cc2ccc(Cl)cc2)nc1-c1ccccc1. The first-order chi connectivity index (χ1) is 12.8. The first kappa shape index (κ1) is 18.6. The Kier molecular flexibility index (Phi) is 6.77. The average molecular weight is 371 g/mol. The second-order valence-electron chi connectivity index (χ2n) is 6.13. The van der Waals surface area contributed by atoms with Gasteiger partial charge in [0.15, 0.2) is 0 Å². The van der Waals surface area contributed by atoms with Gasteiger partial charge in [-0.05, 0) is 37.1 Å². The van der Waals surface area contributed by atoms with E-state index in [-0.39, 0.29) is 6.61 Å². The molecule has 0 bridgehead atoms. The van der Waals surface area contributed by atoms with E-state index >= 15 is 0 Å². The van der Waals surface area contributed by atoms with Crippen molar-refractivity contribution in [2.45, 2.75) is 25.9 Å². The molecule has 0 aliphatic carbocycles. The van der Waals surface area contributed by atoms with Crippen LogP contribution in [0.5, 0.6) is 0 Å². The maximum absolute atomic E-state index is 8.87. The van der Waals surface area contributed by atoms with E-state index in [0.717, 1.165) is 46.9 Å². The molecule has 0 aliphatic rings. The third kappa shape index (κ3) is 5.14. The van der Waals surface area contributed by atoms with Crippen LogP contribution in [0.2, 0.25) is 5.02 Å². The molecular formula is C20H23ClN4O. The fourth-order valence-corrected chi connectivity index (χ4v) is 2.84. The lowest BCUT2D eigenvalue weighted by Gasteiger charge is -2.03. The number of halogens is 1. The van der Waals surface area contributed by atoms with Crippen molar-refractivity contribution in [1.82, 2.24) is 20.3 Å². The van der Waals surface area contributed by atoms with E-state index in [9.17, 15) is 0 Å². The maximum Gasteiger partial charge on any atom is 0.117 e. The number of aromatic nitrogens is 3. The third-order valence-corrected chi connectivity index (χ3v) is 4.32. The standard InChI is InChI=1S/C20H23ClN4O/c21-18-10-8-16(9-11-18)15-25-23-19(14-22-12-4-5-13-26)20(24-25)17-6-2-1-3-7-17/h1-3,6-11,22,26H,4-5,12-15H2. The molecule has 0 fully saturated rings. The molecule has 0 radical (unpaired) electrons. The Morgan fingerprint density at radius 3 is 2.46 bits per heavy atom. The molecule has 0 amide bonds. The molecule has 0 atom stereocenters. The summed E-state index contributed by atoms with van der Waals surface area (Å²) in [5, 5.41) is 22.4. The summed E-state index contributed by atoms with van der Waals surface area (Å²) < 4.78 is 0. The van der Waals surface area contributed by atoms with Gasteiger partial charge in [-0.25, -0.2) is 0 Å². The Morgan fingerprint density at radius 1 is 0.962 bits per heavy atom. The molecule has 0 saturated heterocycles. The highest BCUT2D eigenvalue weighted by Crippen LogP contribution is 2.20. The van der Waals surface area contributed by atoms with Crippen molar-refractivity contribution < 1.29 is 5.11 Å².